The first kappa shape index (κ1) is 20.6. The van der Waals surface area contributed by atoms with E-state index in [9.17, 15) is 4.79 Å². The van der Waals surface area contributed by atoms with E-state index in [1.807, 2.05) is 0 Å². The van der Waals surface area contributed by atoms with Gasteiger partial charge in [0.2, 0.25) is 5.13 Å². The van der Waals surface area contributed by atoms with Crippen LogP contribution in [0.5, 0.6) is 0 Å². The zero-order valence-corrected chi connectivity index (χ0v) is 17.7. The number of aromatic nitrogens is 2. The fourth-order valence-electron chi connectivity index (χ4n) is 3.34. The van der Waals surface area contributed by atoms with Crippen molar-refractivity contribution in [3.63, 3.8) is 0 Å². The van der Waals surface area contributed by atoms with Crippen LogP contribution in [0.4, 0.5) is 9.93 Å². The number of hydrogen-bond donors (Lipinski definition) is 2. The second kappa shape index (κ2) is 10.4. The number of rotatable bonds is 8. The zero-order valence-electron chi connectivity index (χ0n) is 16.9. The summed E-state index contributed by atoms with van der Waals surface area (Å²) in [5, 5.41) is 6.93. The van der Waals surface area contributed by atoms with Crippen molar-refractivity contribution in [1.29, 1.82) is 0 Å². The van der Waals surface area contributed by atoms with Crippen LogP contribution in [0.3, 0.4) is 0 Å². The van der Waals surface area contributed by atoms with E-state index in [1.165, 1.54) is 22.7 Å². The third kappa shape index (κ3) is 6.19. The molecule has 6 nitrogen and oxygen atoms in total. The van der Waals surface area contributed by atoms with Crippen LogP contribution in [0.25, 0.3) is 0 Å². The van der Waals surface area contributed by atoms with Crippen molar-refractivity contribution in [1.82, 2.24) is 20.0 Å². The van der Waals surface area contributed by atoms with Crippen molar-refractivity contribution < 1.29 is 4.79 Å². The van der Waals surface area contributed by atoms with Crippen LogP contribution in [0.15, 0.2) is 24.3 Å². The van der Waals surface area contributed by atoms with Crippen LogP contribution in [0.2, 0.25) is 0 Å². The normalized spacial score (nSPS) is 14.9. The topological polar surface area (TPSA) is 70.2 Å². The van der Waals surface area contributed by atoms with Gasteiger partial charge < -0.3 is 15.5 Å². The van der Waals surface area contributed by atoms with Gasteiger partial charge in [0, 0.05) is 44.1 Å². The first-order chi connectivity index (χ1) is 13.6. The average Bonchev–Trinajstić information content (AvgIpc) is 3.17. The average molecular weight is 402 g/mol. The maximum atomic E-state index is 11.8. The van der Waals surface area contributed by atoms with Gasteiger partial charge in [-0.05, 0) is 37.7 Å². The van der Waals surface area contributed by atoms with Gasteiger partial charge in [0.05, 0.1) is 0 Å². The number of unbranched alkanes of at least 4 members (excludes halogenated alkanes) is 1. The van der Waals surface area contributed by atoms with E-state index in [-0.39, 0.29) is 6.03 Å². The van der Waals surface area contributed by atoms with Crippen LogP contribution in [0.1, 0.15) is 49.6 Å². The number of nitrogens with zero attached hydrogens (tertiary/aromatic N) is 3. The van der Waals surface area contributed by atoms with E-state index < -0.39 is 0 Å². The fraction of sp³-hybridized carbons (Fsp3) is 0.571. The third-order valence-corrected chi connectivity index (χ3v) is 6.01. The third-order valence-electron chi connectivity index (χ3n) is 5.19. The Morgan fingerprint density at radius 2 is 1.96 bits per heavy atom. The molecule has 1 saturated heterocycles. The molecule has 7 heteroatoms. The minimum absolute atomic E-state index is 0.0410. The van der Waals surface area contributed by atoms with Crippen LogP contribution < -0.4 is 15.5 Å². The predicted molar refractivity (Wildman–Crippen MR) is 115 cm³/mol. The lowest BCUT2D eigenvalue weighted by atomic mass is 9.97. The smallest absolute Gasteiger partial charge is 0.314 e. The predicted octanol–water partition coefficient (Wildman–Crippen LogP) is 3.75. The molecular formula is C21H31N5OS. The highest BCUT2D eigenvalue weighted by atomic mass is 32.1. The van der Waals surface area contributed by atoms with Crippen molar-refractivity contribution in [2.75, 3.05) is 31.1 Å². The molecule has 0 bridgehead atoms. The number of anilines is 1. The van der Waals surface area contributed by atoms with Crippen molar-refractivity contribution in [3.05, 3.63) is 41.2 Å². The highest BCUT2D eigenvalue weighted by Gasteiger charge is 2.22. The molecule has 2 aromatic rings. The molecule has 1 aliphatic heterocycles. The molecule has 152 valence electrons. The first-order valence-electron chi connectivity index (χ1n) is 10.3. The molecule has 0 aliphatic carbocycles. The zero-order chi connectivity index (χ0) is 19.8. The van der Waals surface area contributed by atoms with E-state index in [0.29, 0.717) is 5.92 Å². The van der Waals surface area contributed by atoms with E-state index >= 15 is 0 Å². The van der Waals surface area contributed by atoms with E-state index in [0.717, 1.165) is 69.2 Å². The lowest BCUT2D eigenvalue weighted by Gasteiger charge is -2.31. The lowest BCUT2D eigenvalue weighted by Crippen LogP contribution is -2.42. The molecule has 1 fully saturated rings. The largest absolute Gasteiger partial charge is 0.347 e. The molecule has 0 spiro atoms. The van der Waals surface area contributed by atoms with Gasteiger partial charge in [-0.25, -0.2) is 9.78 Å². The highest BCUT2D eigenvalue weighted by molar-refractivity contribution is 7.09. The van der Waals surface area contributed by atoms with Gasteiger partial charge in [-0.2, -0.15) is 4.37 Å². The van der Waals surface area contributed by atoms with Crippen LogP contribution in [-0.2, 0) is 6.42 Å². The van der Waals surface area contributed by atoms with Crippen LogP contribution >= 0.6 is 11.5 Å². The highest BCUT2D eigenvalue weighted by Crippen LogP contribution is 2.25. The van der Waals surface area contributed by atoms with Gasteiger partial charge in [0.1, 0.15) is 5.82 Å². The number of aryl methyl sites for hydroxylation is 1. The molecule has 0 radical (unpaired) electrons. The summed E-state index contributed by atoms with van der Waals surface area (Å²) in [7, 11) is 0. The summed E-state index contributed by atoms with van der Waals surface area (Å²) in [6.45, 7) is 7.67. The quantitative estimate of drug-likeness (QED) is 0.661. The van der Waals surface area contributed by atoms with Gasteiger partial charge >= 0.3 is 6.03 Å². The Bertz CT molecular complexity index is 738. The Labute approximate surface area is 171 Å². The summed E-state index contributed by atoms with van der Waals surface area (Å²) >= 11 is 1.49. The maximum absolute atomic E-state index is 11.8. The van der Waals surface area contributed by atoms with Gasteiger partial charge in [-0.15, -0.1) is 0 Å². The summed E-state index contributed by atoms with van der Waals surface area (Å²) in [5.41, 5.74) is 2.52. The molecule has 2 amide bonds. The van der Waals surface area contributed by atoms with E-state index in [1.54, 1.807) is 0 Å². The van der Waals surface area contributed by atoms with E-state index in [2.05, 4.69) is 58.0 Å². The molecule has 0 saturated carbocycles. The molecule has 2 heterocycles. The van der Waals surface area contributed by atoms with Gasteiger partial charge in [0.15, 0.2) is 0 Å². The number of carbonyl (C=O) groups is 1. The maximum Gasteiger partial charge on any atom is 0.314 e. The van der Waals surface area contributed by atoms with Crippen LogP contribution in [0, 0.1) is 12.8 Å². The Kier molecular flexibility index (Phi) is 7.65. The summed E-state index contributed by atoms with van der Waals surface area (Å²) in [5.74, 6) is 1.43. The first-order valence-corrected chi connectivity index (χ1v) is 11.1. The standard InChI is InChI=1S/C21H31N5OS/c1-3-4-11-22-20(27)23-15-18-9-12-26(13-10-18)21-24-19(25-28-21)14-17-7-5-16(2)6-8-17/h5-8,18H,3-4,9-15H2,1-2H3,(H2,22,23,27). The number of hydrogen-bond acceptors (Lipinski definition) is 5. The number of benzene rings is 1. The molecule has 1 aromatic heterocycles. The molecule has 1 aromatic carbocycles. The summed E-state index contributed by atoms with van der Waals surface area (Å²) < 4.78 is 4.55. The molecular weight excluding hydrogens is 370 g/mol. The number of nitrogens with one attached hydrogen (secondary N) is 2. The Morgan fingerprint density at radius 1 is 1.21 bits per heavy atom. The van der Waals surface area contributed by atoms with Crippen molar-refractivity contribution >= 4 is 22.7 Å². The summed E-state index contributed by atoms with van der Waals surface area (Å²) in [4.78, 5) is 18.8. The van der Waals surface area contributed by atoms with Gasteiger partial charge in [-0.1, -0.05) is 43.2 Å². The SMILES string of the molecule is CCCCNC(=O)NCC1CCN(c2nc(Cc3ccc(C)cc3)ns2)CC1. The fourth-order valence-corrected chi connectivity index (χ4v) is 4.08. The van der Waals surface area contributed by atoms with Crippen molar-refractivity contribution in [3.8, 4) is 0 Å². The monoisotopic (exact) mass is 401 g/mol. The Morgan fingerprint density at radius 3 is 2.68 bits per heavy atom. The molecule has 28 heavy (non-hydrogen) atoms. The number of carbonyl (C=O) groups excluding carboxylic acids is 1. The second-order valence-electron chi connectivity index (χ2n) is 7.58. The van der Waals surface area contributed by atoms with E-state index in [4.69, 9.17) is 4.98 Å². The Hall–Kier alpha value is -2.15. The molecule has 1 aliphatic rings. The number of piperidine rings is 1. The van der Waals surface area contributed by atoms with Crippen molar-refractivity contribution in [2.45, 2.75) is 46.0 Å². The molecule has 3 rings (SSSR count). The van der Waals surface area contributed by atoms with Crippen molar-refractivity contribution in [2.24, 2.45) is 5.92 Å². The molecule has 0 unspecified atom stereocenters. The van der Waals surface area contributed by atoms with Gasteiger partial charge in [-0.3, -0.25) is 0 Å². The summed E-state index contributed by atoms with van der Waals surface area (Å²) in [6.07, 6.45) is 5.05. The minimum atomic E-state index is -0.0410. The number of urea groups is 1. The lowest BCUT2D eigenvalue weighted by molar-refractivity contribution is 0.237. The molecule has 0 atom stereocenters. The van der Waals surface area contributed by atoms with Gasteiger partial charge in [0.25, 0.3) is 0 Å². The molecule has 2 N–H and O–H groups in total. The minimum Gasteiger partial charge on any atom is -0.347 e. The Balaban J connectivity index is 1.41. The van der Waals surface area contributed by atoms with Crippen LogP contribution in [-0.4, -0.2) is 41.6 Å². The second-order valence-corrected chi connectivity index (χ2v) is 8.31. The number of amides is 2. The summed E-state index contributed by atoms with van der Waals surface area (Å²) in [6, 6.07) is 8.51.